The molecule has 2 aliphatic rings. The number of nitrogens with one attached hydrogen (secondary N) is 1. The molecule has 1 N–H and O–H groups in total. The van der Waals surface area contributed by atoms with Crippen molar-refractivity contribution in [1.82, 2.24) is 15.2 Å². The Balaban J connectivity index is 1.97. The van der Waals surface area contributed by atoms with Crippen molar-refractivity contribution in [2.24, 2.45) is 0 Å². The van der Waals surface area contributed by atoms with Crippen molar-refractivity contribution in [3.63, 3.8) is 0 Å². The fourth-order valence-corrected chi connectivity index (χ4v) is 4.38. The summed E-state index contributed by atoms with van der Waals surface area (Å²) in [6, 6.07) is -0.534. The third-order valence-corrected chi connectivity index (χ3v) is 5.60. The number of aromatic nitrogens is 1. The zero-order chi connectivity index (χ0) is 15.0. The van der Waals surface area contributed by atoms with Crippen molar-refractivity contribution in [2.75, 3.05) is 0 Å². The highest BCUT2D eigenvalue weighted by Gasteiger charge is 2.52. The van der Waals surface area contributed by atoms with E-state index in [0.717, 1.165) is 37.1 Å². The van der Waals surface area contributed by atoms with E-state index in [9.17, 15) is 9.59 Å². The molecule has 6 heteroatoms. The Bertz CT molecular complexity index is 537. The summed E-state index contributed by atoms with van der Waals surface area (Å²) in [5.74, 6) is 0.0423. The maximum Gasteiger partial charge on any atom is 0.249 e. The van der Waals surface area contributed by atoms with Gasteiger partial charge in [0.05, 0.1) is 6.04 Å². The van der Waals surface area contributed by atoms with Crippen molar-refractivity contribution < 1.29 is 9.59 Å². The van der Waals surface area contributed by atoms with Crippen LogP contribution >= 0.6 is 11.3 Å². The molecule has 1 spiro atoms. The molecule has 1 saturated heterocycles. The molecule has 1 aliphatic carbocycles. The van der Waals surface area contributed by atoms with Crippen LogP contribution in [0.1, 0.15) is 57.0 Å². The molecule has 2 unspecified atom stereocenters. The van der Waals surface area contributed by atoms with Crippen LogP contribution in [0.15, 0.2) is 11.6 Å². The smallest absolute Gasteiger partial charge is 0.249 e. The minimum atomic E-state index is -0.658. The van der Waals surface area contributed by atoms with Crippen LogP contribution in [0.25, 0.3) is 0 Å². The van der Waals surface area contributed by atoms with Gasteiger partial charge in [-0.15, -0.1) is 11.3 Å². The van der Waals surface area contributed by atoms with Gasteiger partial charge in [-0.25, -0.2) is 4.98 Å². The number of hydrogen-bond donors (Lipinski definition) is 1. The van der Waals surface area contributed by atoms with Crippen molar-refractivity contribution in [1.29, 1.82) is 0 Å². The topological polar surface area (TPSA) is 62.3 Å². The zero-order valence-corrected chi connectivity index (χ0v) is 13.3. The number of carbonyl (C=O) groups is 2. The first-order valence-electron chi connectivity index (χ1n) is 7.63. The van der Waals surface area contributed by atoms with Gasteiger partial charge in [-0.05, 0) is 26.2 Å². The number of hydrogen-bond acceptors (Lipinski definition) is 4. The third kappa shape index (κ3) is 2.25. The molecule has 3 rings (SSSR count). The number of amides is 2. The molecule has 114 valence electrons. The van der Waals surface area contributed by atoms with E-state index in [0.29, 0.717) is 0 Å². The lowest BCUT2D eigenvalue weighted by Gasteiger charge is -2.46. The second-order valence-corrected chi connectivity index (χ2v) is 6.89. The Morgan fingerprint density at radius 1 is 1.48 bits per heavy atom. The Kier molecular flexibility index (Phi) is 3.73. The summed E-state index contributed by atoms with van der Waals surface area (Å²) in [5.41, 5.74) is -0.658. The molecule has 2 amide bonds. The van der Waals surface area contributed by atoms with Crippen LogP contribution in [0.2, 0.25) is 0 Å². The minimum absolute atomic E-state index is 0.0356. The van der Waals surface area contributed by atoms with Gasteiger partial charge in [0.15, 0.2) is 0 Å². The number of nitrogens with zero attached hydrogens (tertiary/aromatic N) is 2. The van der Waals surface area contributed by atoms with Gasteiger partial charge >= 0.3 is 0 Å². The fourth-order valence-electron chi connectivity index (χ4n) is 3.56. The quantitative estimate of drug-likeness (QED) is 0.931. The molecule has 1 aliphatic heterocycles. The highest BCUT2D eigenvalue weighted by Crippen LogP contribution is 2.39. The van der Waals surface area contributed by atoms with E-state index in [1.54, 1.807) is 22.4 Å². The second-order valence-electron chi connectivity index (χ2n) is 5.96. The van der Waals surface area contributed by atoms with Crippen LogP contribution < -0.4 is 5.32 Å². The Labute approximate surface area is 128 Å². The van der Waals surface area contributed by atoms with E-state index < -0.39 is 11.6 Å². The van der Waals surface area contributed by atoms with E-state index in [1.807, 2.05) is 19.2 Å². The van der Waals surface area contributed by atoms with Crippen molar-refractivity contribution in [3.05, 3.63) is 16.6 Å². The predicted molar refractivity (Wildman–Crippen MR) is 80.8 cm³/mol. The molecule has 0 radical (unpaired) electrons. The molecule has 0 bridgehead atoms. The zero-order valence-electron chi connectivity index (χ0n) is 12.5. The first-order valence-corrected chi connectivity index (χ1v) is 8.51. The van der Waals surface area contributed by atoms with Gasteiger partial charge in [0.25, 0.3) is 0 Å². The molecular weight excluding hydrogens is 286 g/mol. The minimum Gasteiger partial charge on any atom is -0.340 e. The number of thiazole rings is 1. The van der Waals surface area contributed by atoms with Crippen LogP contribution in [-0.4, -0.2) is 33.3 Å². The lowest BCUT2D eigenvalue weighted by atomic mass is 9.89. The van der Waals surface area contributed by atoms with Gasteiger partial charge in [0.2, 0.25) is 11.8 Å². The molecule has 5 nitrogen and oxygen atoms in total. The second kappa shape index (κ2) is 5.40. The Morgan fingerprint density at radius 3 is 2.76 bits per heavy atom. The average Bonchev–Trinajstić information content (AvgIpc) is 3.13. The van der Waals surface area contributed by atoms with Crippen LogP contribution in [-0.2, 0) is 9.59 Å². The predicted octanol–water partition coefficient (Wildman–Crippen LogP) is 2.25. The first kappa shape index (κ1) is 14.5. The summed E-state index contributed by atoms with van der Waals surface area (Å²) < 4.78 is 0. The van der Waals surface area contributed by atoms with Gasteiger partial charge in [0.1, 0.15) is 16.6 Å². The highest BCUT2D eigenvalue weighted by atomic mass is 32.1. The van der Waals surface area contributed by atoms with Crippen LogP contribution in [0.3, 0.4) is 0 Å². The Morgan fingerprint density at radius 2 is 2.19 bits per heavy atom. The molecule has 0 aromatic carbocycles. The van der Waals surface area contributed by atoms with Gasteiger partial charge in [-0.2, -0.15) is 0 Å². The molecule has 2 heterocycles. The summed E-state index contributed by atoms with van der Waals surface area (Å²) in [7, 11) is 0. The highest BCUT2D eigenvalue weighted by molar-refractivity contribution is 7.09. The summed E-state index contributed by atoms with van der Waals surface area (Å²) in [6.07, 6.45) is 6.05. The maximum absolute atomic E-state index is 13.1. The van der Waals surface area contributed by atoms with Crippen LogP contribution in [0, 0.1) is 0 Å². The first-order chi connectivity index (χ1) is 10.1. The van der Waals surface area contributed by atoms with Gasteiger partial charge in [-0.1, -0.05) is 19.8 Å². The van der Waals surface area contributed by atoms with E-state index >= 15 is 0 Å². The molecular formula is C15H21N3O2S. The van der Waals surface area contributed by atoms with Gasteiger partial charge in [0, 0.05) is 11.6 Å². The van der Waals surface area contributed by atoms with Crippen LogP contribution in [0.5, 0.6) is 0 Å². The SMILES string of the molecule is CCC(c1nccs1)N1C(=O)C2(CCCC2)NC(=O)C1C. The maximum atomic E-state index is 13.1. The van der Waals surface area contributed by atoms with E-state index in [2.05, 4.69) is 10.3 Å². The molecule has 1 aromatic rings. The molecule has 2 fully saturated rings. The largest absolute Gasteiger partial charge is 0.340 e. The monoisotopic (exact) mass is 307 g/mol. The molecule has 1 saturated carbocycles. The van der Waals surface area contributed by atoms with Gasteiger partial charge in [-0.3, -0.25) is 9.59 Å². The van der Waals surface area contributed by atoms with E-state index in [-0.39, 0.29) is 17.9 Å². The normalized spacial score (nSPS) is 26.2. The van der Waals surface area contributed by atoms with Crippen molar-refractivity contribution >= 4 is 23.2 Å². The average molecular weight is 307 g/mol. The fraction of sp³-hybridized carbons (Fsp3) is 0.667. The number of piperazine rings is 1. The Hall–Kier alpha value is -1.43. The summed E-state index contributed by atoms with van der Waals surface area (Å²) in [4.78, 5) is 31.6. The van der Waals surface area contributed by atoms with Crippen molar-refractivity contribution in [3.8, 4) is 0 Å². The summed E-state index contributed by atoms with van der Waals surface area (Å²) >= 11 is 1.55. The van der Waals surface area contributed by atoms with E-state index in [4.69, 9.17) is 0 Å². The van der Waals surface area contributed by atoms with Crippen LogP contribution in [0.4, 0.5) is 0 Å². The van der Waals surface area contributed by atoms with Crippen molar-refractivity contribution in [2.45, 2.75) is 63.6 Å². The summed E-state index contributed by atoms with van der Waals surface area (Å²) in [6.45, 7) is 3.85. The standard InChI is InChI=1S/C15H21N3O2S/c1-3-11(13-16-8-9-21-13)18-10(2)12(19)17-15(14(18)20)6-4-5-7-15/h8-11H,3-7H2,1-2H3,(H,17,19). The van der Waals surface area contributed by atoms with E-state index in [1.165, 1.54) is 0 Å². The third-order valence-electron chi connectivity index (χ3n) is 4.72. The lowest BCUT2D eigenvalue weighted by Crippen LogP contribution is -2.69. The molecule has 2 atom stereocenters. The number of carbonyl (C=O) groups excluding carboxylic acids is 2. The van der Waals surface area contributed by atoms with Gasteiger partial charge < -0.3 is 10.2 Å². The summed E-state index contributed by atoms with van der Waals surface area (Å²) in [5, 5.41) is 5.83. The molecule has 21 heavy (non-hydrogen) atoms. The lowest BCUT2D eigenvalue weighted by molar-refractivity contribution is -0.157. The number of rotatable bonds is 3. The molecule has 1 aromatic heterocycles.